The topological polar surface area (TPSA) is 25.2 Å². The molecule has 96 valence electrons. The van der Waals surface area contributed by atoms with E-state index in [1.807, 2.05) is 18.2 Å². The molecular weight excluding hydrogens is 234 g/mol. The SMILES string of the molecule is CCNCc1ccccc1-c1cc2ccccc2o1. The maximum Gasteiger partial charge on any atom is 0.135 e. The average Bonchev–Trinajstić information content (AvgIpc) is 2.89. The van der Waals surface area contributed by atoms with Crippen molar-refractivity contribution in [2.24, 2.45) is 0 Å². The van der Waals surface area contributed by atoms with Crippen LogP contribution in [0, 0.1) is 0 Å². The molecule has 3 rings (SSSR count). The molecule has 0 bridgehead atoms. The summed E-state index contributed by atoms with van der Waals surface area (Å²) in [7, 11) is 0. The molecule has 1 N–H and O–H groups in total. The fourth-order valence-electron chi connectivity index (χ4n) is 2.29. The van der Waals surface area contributed by atoms with Gasteiger partial charge in [-0.1, -0.05) is 49.4 Å². The minimum absolute atomic E-state index is 0.865. The highest BCUT2D eigenvalue weighted by Crippen LogP contribution is 2.29. The van der Waals surface area contributed by atoms with Crippen molar-refractivity contribution < 1.29 is 4.42 Å². The van der Waals surface area contributed by atoms with Gasteiger partial charge in [0.25, 0.3) is 0 Å². The number of fused-ring (bicyclic) bond motifs is 1. The summed E-state index contributed by atoms with van der Waals surface area (Å²) in [6.07, 6.45) is 0. The molecule has 2 nitrogen and oxygen atoms in total. The molecule has 0 saturated carbocycles. The molecule has 0 atom stereocenters. The second-order valence-corrected chi connectivity index (χ2v) is 4.59. The fourth-order valence-corrected chi connectivity index (χ4v) is 2.29. The van der Waals surface area contributed by atoms with E-state index in [0.29, 0.717) is 0 Å². The Morgan fingerprint density at radius 1 is 1.00 bits per heavy atom. The van der Waals surface area contributed by atoms with Crippen LogP contribution in [0.25, 0.3) is 22.3 Å². The van der Waals surface area contributed by atoms with E-state index in [2.05, 4.69) is 48.6 Å². The van der Waals surface area contributed by atoms with Gasteiger partial charge < -0.3 is 9.73 Å². The van der Waals surface area contributed by atoms with Crippen molar-refractivity contribution in [3.8, 4) is 11.3 Å². The Hall–Kier alpha value is -2.06. The summed E-state index contributed by atoms with van der Waals surface area (Å²) in [6, 6.07) is 18.6. The first kappa shape index (κ1) is 12.0. The quantitative estimate of drug-likeness (QED) is 0.751. The zero-order valence-electron chi connectivity index (χ0n) is 11.0. The predicted octanol–water partition coefficient (Wildman–Crippen LogP) is 4.21. The lowest BCUT2D eigenvalue weighted by Gasteiger charge is -2.07. The maximum atomic E-state index is 5.95. The van der Waals surface area contributed by atoms with Gasteiger partial charge in [-0.3, -0.25) is 0 Å². The van der Waals surface area contributed by atoms with Gasteiger partial charge in [0.05, 0.1) is 0 Å². The lowest BCUT2D eigenvalue weighted by Crippen LogP contribution is -2.12. The first-order valence-electron chi connectivity index (χ1n) is 6.66. The minimum atomic E-state index is 0.865. The highest BCUT2D eigenvalue weighted by Gasteiger charge is 2.09. The molecule has 0 aliphatic carbocycles. The highest BCUT2D eigenvalue weighted by atomic mass is 16.3. The van der Waals surface area contributed by atoms with E-state index in [0.717, 1.165) is 29.8 Å². The Morgan fingerprint density at radius 3 is 2.63 bits per heavy atom. The second kappa shape index (κ2) is 5.29. The number of hydrogen-bond acceptors (Lipinski definition) is 2. The molecule has 0 fully saturated rings. The third-order valence-corrected chi connectivity index (χ3v) is 3.27. The van der Waals surface area contributed by atoms with Crippen molar-refractivity contribution in [2.75, 3.05) is 6.54 Å². The van der Waals surface area contributed by atoms with E-state index in [9.17, 15) is 0 Å². The molecule has 2 aromatic carbocycles. The van der Waals surface area contributed by atoms with Gasteiger partial charge in [0, 0.05) is 17.5 Å². The summed E-state index contributed by atoms with van der Waals surface area (Å²) < 4.78 is 5.95. The van der Waals surface area contributed by atoms with E-state index < -0.39 is 0 Å². The molecule has 0 spiro atoms. The molecule has 19 heavy (non-hydrogen) atoms. The van der Waals surface area contributed by atoms with Crippen LogP contribution in [0.1, 0.15) is 12.5 Å². The Kier molecular flexibility index (Phi) is 3.34. The fraction of sp³-hybridized carbons (Fsp3) is 0.176. The number of hydrogen-bond donors (Lipinski definition) is 1. The molecule has 0 radical (unpaired) electrons. The number of benzene rings is 2. The van der Waals surface area contributed by atoms with Crippen molar-refractivity contribution >= 4 is 11.0 Å². The molecule has 0 aliphatic heterocycles. The first-order chi connectivity index (χ1) is 9.38. The Morgan fingerprint density at radius 2 is 1.79 bits per heavy atom. The van der Waals surface area contributed by atoms with Crippen LogP contribution in [0.3, 0.4) is 0 Å². The zero-order chi connectivity index (χ0) is 13.1. The van der Waals surface area contributed by atoms with Gasteiger partial charge in [-0.15, -0.1) is 0 Å². The van der Waals surface area contributed by atoms with E-state index in [4.69, 9.17) is 4.42 Å². The summed E-state index contributed by atoms with van der Waals surface area (Å²) in [5, 5.41) is 4.52. The van der Waals surface area contributed by atoms with Gasteiger partial charge in [-0.2, -0.15) is 0 Å². The monoisotopic (exact) mass is 251 g/mol. The van der Waals surface area contributed by atoms with Crippen LogP contribution in [0.4, 0.5) is 0 Å². The molecule has 0 saturated heterocycles. The lowest BCUT2D eigenvalue weighted by atomic mass is 10.0. The molecule has 0 amide bonds. The van der Waals surface area contributed by atoms with Crippen molar-refractivity contribution in [3.05, 3.63) is 60.2 Å². The van der Waals surface area contributed by atoms with Crippen molar-refractivity contribution in [1.29, 1.82) is 0 Å². The van der Waals surface area contributed by atoms with E-state index in [1.54, 1.807) is 0 Å². The molecule has 0 aliphatic rings. The largest absolute Gasteiger partial charge is 0.456 e. The van der Waals surface area contributed by atoms with Crippen LogP contribution in [0.5, 0.6) is 0 Å². The third-order valence-electron chi connectivity index (χ3n) is 3.27. The summed E-state index contributed by atoms with van der Waals surface area (Å²) in [6.45, 7) is 3.95. The highest BCUT2D eigenvalue weighted by molar-refractivity contribution is 5.83. The number of para-hydroxylation sites is 1. The Bertz CT molecular complexity index is 651. The van der Waals surface area contributed by atoms with Gasteiger partial charge in [-0.05, 0) is 24.2 Å². The summed E-state index contributed by atoms with van der Waals surface area (Å²) in [5.74, 6) is 0.940. The minimum Gasteiger partial charge on any atom is -0.456 e. The van der Waals surface area contributed by atoms with Gasteiger partial charge in [0.2, 0.25) is 0 Å². The number of rotatable bonds is 4. The van der Waals surface area contributed by atoms with Crippen molar-refractivity contribution in [1.82, 2.24) is 5.32 Å². The van der Waals surface area contributed by atoms with Crippen molar-refractivity contribution in [3.63, 3.8) is 0 Å². The molecule has 1 aromatic heterocycles. The summed E-state index contributed by atoms with van der Waals surface area (Å²) >= 11 is 0. The van der Waals surface area contributed by atoms with Gasteiger partial charge in [0.1, 0.15) is 11.3 Å². The van der Waals surface area contributed by atoms with E-state index in [-0.39, 0.29) is 0 Å². The van der Waals surface area contributed by atoms with Crippen molar-refractivity contribution in [2.45, 2.75) is 13.5 Å². The second-order valence-electron chi connectivity index (χ2n) is 4.59. The first-order valence-corrected chi connectivity index (χ1v) is 6.66. The molecular formula is C17H17NO. The lowest BCUT2D eigenvalue weighted by molar-refractivity contribution is 0.629. The molecule has 0 unspecified atom stereocenters. The van der Waals surface area contributed by atoms with Crippen LogP contribution in [0.2, 0.25) is 0 Å². The Balaban J connectivity index is 2.05. The van der Waals surface area contributed by atoms with E-state index in [1.165, 1.54) is 11.1 Å². The van der Waals surface area contributed by atoms with Crippen LogP contribution >= 0.6 is 0 Å². The smallest absolute Gasteiger partial charge is 0.135 e. The van der Waals surface area contributed by atoms with Crippen LogP contribution in [0.15, 0.2) is 59.0 Å². The van der Waals surface area contributed by atoms with Gasteiger partial charge in [0.15, 0.2) is 0 Å². The maximum absolute atomic E-state index is 5.95. The van der Waals surface area contributed by atoms with Gasteiger partial charge in [-0.25, -0.2) is 0 Å². The summed E-state index contributed by atoms with van der Waals surface area (Å²) in [5.41, 5.74) is 3.37. The number of nitrogens with one attached hydrogen (secondary N) is 1. The van der Waals surface area contributed by atoms with Crippen LogP contribution in [-0.4, -0.2) is 6.54 Å². The number of furan rings is 1. The standard InChI is InChI=1S/C17H17NO/c1-2-18-12-14-8-3-5-9-15(14)17-11-13-7-4-6-10-16(13)19-17/h3-11,18H,2,12H2,1H3. The molecule has 2 heteroatoms. The predicted molar refractivity (Wildman–Crippen MR) is 79.0 cm³/mol. The summed E-state index contributed by atoms with van der Waals surface area (Å²) in [4.78, 5) is 0. The zero-order valence-corrected chi connectivity index (χ0v) is 11.0. The van der Waals surface area contributed by atoms with Crippen LogP contribution < -0.4 is 5.32 Å². The average molecular weight is 251 g/mol. The normalized spacial score (nSPS) is 11.0. The molecule has 3 aromatic rings. The van der Waals surface area contributed by atoms with Crippen LogP contribution in [-0.2, 0) is 6.54 Å². The van der Waals surface area contributed by atoms with Gasteiger partial charge >= 0.3 is 0 Å². The third kappa shape index (κ3) is 2.40. The Labute approximate surface area is 113 Å². The molecule has 1 heterocycles. The van der Waals surface area contributed by atoms with E-state index >= 15 is 0 Å².